The van der Waals surface area contributed by atoms with Crippen LogP contribution in [0.15, 0.2) is 30.2 Å². The van der Waals surface area contributed by atoms with Crippen LogP contribution >= 0.6 is 0 Å². The molecule has 16 nitrogen and oxygen atoms in total. The Labute approximate surface area is 305 Å². The molecule has 1 aromatic rings. The van der Waals surface area contributed by atoms with E-state index < -0.39 is 65.5 Å². The molecule has 0 radical (unpaired) electrons. The number of amides is 6. The van der Waals surface area contributed by atoms with Crippen LogP contribution in [0.1, 0.15) is 86.1 Å². The average molecular weight is 730 g/mol. The van der Waals surface area contributed by atoms with Crippen molar-refractivity contribution in [1.29, 1.82) is 0 Å². The van der Waals surface area contributed by atoms with Crippen LogP contribution in [0.2, 0.25) is 0 Å². The van der Waals surface area contributed by atoms with Gasteiger partial charge in [-0.15, -0.1) is 0 Å². The van der Waals surface area contributed by atoms with Gasteiger partial charge in [-0.3, -0.25) is 29.0 Å². The van der Waals surface area contributed by atoms with Crippen LogP contribution in [0.3, 0.4) is 0 Å². The molecular formula is C36H55N7O9. The fourth-order valence-electron chi connectivity index (χ4n) is 5.49. The van der Waals surface area contributed by atoms with Crippen LogP contribution < -0.4 is 26.6 Å². The van der Waals surface area contributed by atoms with Crippen molar-refractivity contribution < 1.29 is 43.0 Å². The second-order valence-corrected chi connectivity index (χ2v) is 14.3. The van der Waals surface area contributed by atoms with E-state index in [0.717, 1.165) is 0 Å². The Morgan fingerprint density at radius 3 is 2.27 bits per heavy atom. The molecule has 288 valence electrons. The summed E-state index contributed by atoms with van der Waals surface area (Å²) in [4.78, 5) is 96.4. The van der Waals surface area contributed by atoms with Crippen molar-refractivity contribution in [3.05, 3.63) is 35.8 Å². The topological polar surface area (TPSA) is 214 Å². The Morgan fingerprint density at radius 1 is 1.00 bits per heavy atom. The lowest BCUT2D eigenvalue weighted by Gasteiger charge is -2.28. The molecule has 0 bridgehead atoms. The van der Waals surface area contributed by atoms with E-state index in [9.17, 15) is 33.6 Å². The first kappa shape index (κ1) is 43.1. The maximum Gasteiger partial charge on any atom is 0.408 e. The molecule has 1 aliphatic rings. The molecule has 16 heteroatoms. The maximum absolute atomic E-state index is 13.9. The number of carbonyl (C=O) groups is 7. The number of nitrogens with zero attached hydrogens (tertiary/aromatic N) is 2. The van der Waals surface area contributed by atoms with E-state index in [1.807, 2.05) is 13.8 Å². The minimum atomic E-state index is -1.16. The van der Waals surface area contributed by atoms with E-state index in [2.05, 4.69) is 31.6 Å². The standard InChI is InChI=1S/C36H55N7O9/c1-22(2)18-26(31(46)41-27(19-24-12-9-15-37-20-24)33(48)43-17-11-14-28(43)34(49)51-8)40-30(45)25(13-10-16-38-21-44)39-32(47)29(23(3)4)42-35(50)52-36(5,6)7/h9,12,15,19-23,25-26,28-29H,10-11,13-14,16-18H2,1-8H3,(H,38,44)(H,39,47)(H,40,45)(H,41,46)(H,42,50)/b27-19-/t25-,26-,28-,29-/m0/s1. The highest BCUT2D eigenvalue weighted by Gasteiger charge is 2.38. The lowest BCUT2D eigenvalue weighted by atomic mass is 10.0. The molecule has 1 aromatic heterocycles. The molecule has 4 atom stereocenters. The van der Waals surface area contributed by atoms with Gasteiger partial charge >= 0.3 is 12.1 Å². The molecule has 0 aliphatic carbocycles. The third-order valence-corrected chi connectivity index (χ3v) is 7.96. The smallest absolute Gasteiger partial charge is 0.408 e. The number of aromatic nitrogens is 1. The number of likely N-dealkylation sites (tertiary alicyclic amines) is 1. The molecule has 1 aliphatic heterocycles. The van der Waals surface area contributed by atoms with Gasteiger partial charge in [-0.1, -0.05) is 33.8 Å². The van der Waals surface area contributed by atoms with E-state index in [-0.39, 0.29) is 43.5 Å². The molecule has 0 saturated carbocycles. The summed E-state index contributed by atoms with van der Waals surface area (Å²) >= 11 is 0. The predicted molar refractivity (Wildman–Crippen MR) is 192 cm³/mol. The zero-order valence-electron chi connectivity index (χ0n) is 31.4. The Balaban J connectivity index is 2.38. The van der Waals surface area contributed by atoms with Crippen molar-refractivity contribution in [3.63, 3.8) is 0 Å². The molecule has 5 N–H and O–H groups in total. The normalized spacial score (nSPS) is 16.3. The van der Waals surface area contributed by atoms with Gasteiger partial charge in [0.2, 0.25) is 24.1 Å². The zero-order valence-corrected chi connectivity index (χ0v) is 31.4. The summed E-state index contributed by atoms with van der Waals surface area (Å²) in [5.74, 6) is -3.68. The van der Waals surface area contributed by atoms with Crippen LogP contribution in [-0.4, -0.2) is 102 Å². The number of ether oxygens (including phenoxy) is 2. The van der Waals surface area contributed by atoms with Gasteiger partial charge in [-0.25, -0.2) is 9.59 Å². The maximum atomic E-state index is 13.9. The van der Waals surface area contributed by atoms with Crippen LogP contribution in [0.25, 0.3) is 6.08 Å². The minimum Gasteiger partial charge on any atom is -0.467 e. The molecule has 6 amide bonds. The van der Waals surface area contributed by atoms with E-state index in [4.69, 9.17) is 9.47 Å². The predicted octanol–water partition coefficient (Wildman–Crippen LogP) is 1.79. The molecule has 0 aromatic carbocycles. The molecule has 0 unspecified atom stereocenters. The third-order valence-electron chi connectivity index (χ3n) is 7.96. The summed E-state index contributed by atoms with van der Waals surface area (Å²) in [5.41, 5.74) is -0.428. The lowest BCUT2D eigenvalue weighted by Crippen LogP contribution is -2.58. The Kier molecular flexibility index (Phi) is 17.2. The fraction of sp³-hybridized carbons (Fsp3) is 0.611. The second kappa shape index (κ2) is 20.7. The van der Waals surface area contributed by atoms with Crippen molar-refractivity contribution >= 4 is 48.2 Å². The van der Waals surface area contributed by atoms with E-state index >= 15 is 0 Å². The third kappa shape index (κ3) is 14.3. The quantitative estimate of drug-likeness (QED) is 0.0640. The van der Waals surface area contributed by atoms with Crippen LogP contribution in [-0.2, 0) is 38.2 Å². The Hall–Kier alpha value is -5.02. The highest BCUT2D eigenvalue weighted by Crippen LogP contribution is 2.21. The Morgan fingerprint density at radius 2 is 1.69 bits per heavy atom. The number of alkyl carbamates (subject to hydrolysis) is 1. The fourth-order valence-corrected chi connectivity index (χ4v) is 5.49. The van der Waals surface area contributed by atoms with Gasteiger partial charge in [0.25, 0.3) is 5.91 Å². The summed E-state index contributed by atoms with van der Waals surface area (Å²) in [7, 11) is 1.24. The van der Waals surface area contributed by atoms with Crippen molar-refractivity contribution in [2.24, 2.45) is 11.8 Å². The van der Waals surface area contributed by atoms with Gasteiger partial charge in [0.05, 0.1) is 7.11 Å². The van der Waals surface area contributed by atoms with E-state index in [1.165, 1.54) is 24.3 Å². The molecule has 52 heavy (non-hydrogen) atoms. The number of nitrogens with one attached hydrogen (secondary N) is 5. The van der Waals surface area contributed by atoms with Crippen LogP contribution in [0.4, 0.5) is 4.79 Å². The van der Waals surface area contributed by atoms with Crippen LogP contribution in [0.5, 0.6) is 0 Å². The number of hydrogen-bond donors (Lipinski definition) is 5. The first-order valence-electron chi connectivity index (χ1n) is 17.6. The van der Waals surface area contributed by atoms with Gasteiger partial charge in [-0.2, -0.15) is 0 Å². The summed E-state index contributed by atoms with van der Waals surface area (Å²) in [6.07, 6.45) is 5.73. The van der Waals surface area contributed by atoms with Crippen molar-refractivity contribution in [3.8, 4) is 0 Å². The molecule has 0 spiro atoms. The van der Waals surface area contributed by atoms with Gasteiger partial charge < -0.3 is 41.0 Å². The average Bonchev–Trinajstić information content (AvgIpc) is 3.56. The second-order valence-electron chi connectivity index (χ2n) is 14.3. The van der Waals surface area contributed by atoms with Crippen molar-refractivity contribution in [1.82, 2.24) is 36.5 Å². The number of hydrogen-bond acceptors (Lipinski definition) is 10. The summed E-state index contributed by atoms with van der Waals surface area (Å²) in [6.45, 7) is 12.7. The highest BCUT2D eigenvalue weighted by molar-refractivity contribution is 6.04. The van der Waals surface area contributed by atoms with Crippen LogP contribution in [0, 0.1) is 11.8 Å². The number of esters is 1. The number of carbonyl (C=O) groups excluding carboxylic acids is 7. The molecule has 2 rings (SSSR count). The number of rotatable bonds is 18. The molecule has 1 saturated heterocycles. The van der Waals surface area contributed by atoms with Gasteiger partial charge in [0, 0.05) is 25.5 Å². The summed E-state index contributed by atoms with van der Waals surface area (Å²) < 4.78 is 10.2. The monoisotopic (exact) mass is 729 g/mol. The lowest BCUT2D eigenvalue weighted by molar-refractivity contribution is -0.150. The molecular weight excluding hydrogens is 674 g/mol. The van der Waals surface area contributed by atoms with E-state index in [1.54, 1.807) is 52.9 Å². The molecule has 2 heterocycles. The van der Waals surface area contributed by atoms with Crippen molar-refractivity contribution in [2.75, 3.05) is 20.2 Å². The van der Waals surface area contributed by atoms with Gasteiger partial charge in [-0.05, 0) is 82.4 Å². The van der Waals surface area contributed by atoms with E-state index in [0.29, 0.717) is 31.2 Å². The number of methoxy groups -OCH3 is 1. The largest absolute Gasteiger partial charge is 0.467 e. The first-order valence-corrected chi connectivity index (χ1v) is 17.6. The van der Waals surface area contributed by atoms with Gasteiger partial charge in [0.15, 0.2) is 0 Å². The summed E-state index contributed by atoms with van der Waals surface area (Å²) in [5, 5.41) is 13.2. The molecule has 1 fully saturated rings. The number of pyridine rings is 1. The Bertz CT molecular complexity index is 1430. The van der Waals surface area contributed by atoms with Gasteiger partial charge in [0.1, 0.15) is 35.5 Å². The first-order chi connectivity index (χ1) is 24.5. The zero-order chi connectivity index (χ0) is 39.0. The highest BCUT2D eigenvalue weighted by atomic mass is 16.6. The summed E-state index contributed by atoms with van der Waals surface area (Å²) in [6, 6.07) is -0.843. The SMILES string of the molecule is COC(=O)[C@@H]1CCCN1C(=O)/C(=C/c1cccnc1)NC(=O)[C@H](CC(C)C)NC(=O)[C@H](CCCNC=O)NC(=O)[C@@H](NC(=O)OC(C)(C)C)C(C)C. The van der Waals surface area contributed by atoms with Crippen molar-refractivity contribution in [2.45, 2.75) is 110 Å². The minimum absolute atomic E-state index is 0.0835.